The molecule has 0 aliphatic carbocycles. The van der Waals surface area contributed by atoms with Crippen LogP contribution in [-0.2, 0) is 16.0 Å². The standard InChI is InChI=1S/C22H25N3O3/c1-16(2)22(27)28-14-8-4-3-5-9-17-12-13-21(26)20(15-17)25-23-18-10-6-7-11-19(18)24-25/h6-7,10-13,15,26H,1,3-5,8-9,14H2,2H3. The summed E-state index contributed by atoms with van der Waals surface area (Å²) in [7, 11) is 0. The molecule has 3 aromatic rings. The number of ether oxygens (including phenoxy) is 1. The number of hydrogen-bond acceptors (Lipinski definition) is 5. The number of fused-ring (bicyclic) bond motifs is 1. The maximum absolute atomic E-state index is 11.3. The number of aromatic hydroxyl groups is 1. The predicted molar refractivity (Wildman–Crippen MR) is 108 cm³/mol. The molecule has 1 N–H and O–H groups in total. The number of hydrogen-bond donors (Lipinski definition) is 1. The fourth-order valence-electron chi connectivity index (χ4n) is 2.92. The highest BCUT2D eigenvalue weighted by Crippen LogP contribution is 2.24. The topological polar surface area (TPSA) is 77.2 Å². The molecule has 0 aliphatic heterocycles. The van der Waals surface area contributed by atoms with Crippen molar-refractivity contribution in [2.75, 3.05) is 6.61 Å². The Labute approximate surface area is 164 Å². The van der Waals surface area contributed by atoms with Crippen LogP contribution in [0.4, 0.5) is 0 Å². The number of benzene rings is 2. The van der Waals surface area contributed by atoms with E-state index in [0.717, 1.165) is 48.7 Å². The first kappa shape index (κ1) is 19.6. The highest BCUT2D eigenvalue weighted by Gasteiger charge is 2.09. The minimum Gasteiger partial charge on any atom is -0.506 e. The molecule has 146 valence electrons. The van der Waals surface area contributed by atoms with Crippen LogP contribution >= 0.6 is 0 Å². The number of aryl methyl sites for hydroxylation is 1. The van der Waals surface area contributed by atoms with Gasteiger partial charge in [-0.05, 0) is 56.0 Å². The van der Waals surface area contributed by atoms with E-state index in [4.69, 9.17) is 4.74 Å². The molecule has 0 unspecified atom stereocenters. The number of phenolic OH excluding ortho intramolecular Hbond substituents is 1. The molecule has 0 fully saturated rings. The van der Waals surface area contributed by atoms with E-state index in [2.05, 4.69) is 16.8 Å². The summed E-state index contributed by atoms with van der Waals surface area (Å²) in [4.78, 5) is 12.8. The Morgan fingerprint density at radius 2 is 1.75 bits per heavy atom. The lowest BCUT2D eigenvalue weighted by molar-refractivity contribution is -0.139. The third-order valence-corrected chi connectivity index (χ3v) is 4.48. The summed E-state index contributed by atoms with van der Waals surface area (Å²) in [6, 6.07) is 13.2. The average molecular weight is 379 g/mol. The lowest BCUT2D eigenvalue weighted by atomic mass is 10.1. The normalized spacial score (nSPS) is 10.9. The number of rotatable bonds is 9. The third-order valence-electron chi connectivity index (χ3n) is 4.48. The summed E-state index contributed by atoms with van der Waals surface area (Å²) in [6.07, 6.45) is 4.82. The van der Waals surface area contributed by atoms with Gasteiger partial charge in [-0.1, -0.05) is 37.6 Å². The molecule has 0 aliphatic rings. The largest absolute Gasteiger partial charge is 0.506 e. The van der Waals surface area contributed by atoms with Crippen LogP contribution in [0.5, 0.6) is 5.75 Å². The zero-order valence-electron chi connectivity index (χ0n) is 16.1. The fourth-order valence-corrected chi connectivity index (χ4v) is 2.92. The maximum Gasteiger partial charge on any atom is 0.333 e. The Hall–Kier alpha value is -3.15. The highest BCUT2D eigenvalue weighted by molar-refractivity contribution is 5.86. The molecule has 0 atom stereocenters. The smallest absolute Gasteiger partial charge is 0.333 e. The van der Waals surface area contributed by atoms with Crippen molar-refractivity contribution >= 4 is 17.0 Å². The highest BCUT2D eigenvalue weighted by atomic mass is 16.5. The van der Waals surface area contributed by atoms with Gasteiger partial charge in [-0.3, -0.25) is 0 Å². The average Bonchev–Trinajstić information content (AvgIpc) is 3.12. The fraction of sp³-hybridized carbons (Fsp3) is 0.318. The zero-order valence-corrected chi connectivity index (χ0v) is 16.1. The first-order chi connectivity index (χ1) is 13.5. The number of carbonyl (C=O) groups excluding carboxylic acids is 1. The summed E-state index contributed by atoms with van der Waals surface area (Å²) in [6.45, 7) is 5.65. The number of aromatic nitrogens is 3. The summed E-state index contributed by atoms with van der Waals surface area (Å²) in [5.41, 5.74) is 3.73. The van der Waals surface area contributed by atoms with Crippen LogP contribution < -0.4 is 0 Å². The Morgan fingerprint density at radius 3 is 2.43 bits per heavy atom. The van der Waals surface area contributed by atoms with Gasteiger partial charge in [0.05, 0.1) is 6.61 Å². The van der Waals surface area contributed by atoms with Crippen LogP contribution in [0.2, 0.25) is 0 Å². The van der Waals surface area contributed by atoms with Crippen LogP contribution in [0.1, 0.15) is 38.2 Å². The van der Waals surface area contributed by atoms with Gasteiger partial charge in [0.15, 0.2) is 0 Å². The van der Waals surface area contributed by atoms with Crippen molar-refractivity contribution in [1.29, 1.82) is 0 Å². The molecule has 3 rings (SSSR count). The molecule has 0 saturated heterocycles. The van der Waals surface area contributed by atoms with E-state index in [0.29, 0.717) is 17.9 Å². The molecule has 2 aromatic carbocycles. The quantitative estimate of drug-likeness (QED) is 0.340. The van der Waals surface area contributed by atoms with E-state index >= 15 is 0 Å². The Bertz CT molecular complexity index is 945. The summed E-state index contributed by atoms with van der Waals surface area (Å²) in [5, 5.41) is 19.1. The number of esters is 1. The summed E-state index contributed by atoms with van der Waals surface area (Å²) in [5.74, 6) is -0.167. The predicted octanol–water partition coefficient (Wildman–Crippen LogP) is 4.35. The van der Waals surface area contributed by atoms with E-state index < -0.39 is 0 Å². The third kappa shape index (κ3) is 4.97. The van der Waals surface area contributed by atoms with Crippen molar-refractivity contribution in [3.8, 4) is 11.4 Å². The molecule has 1 aromatic heterocycles. The van der Waals surface area contributed by atoms with Gasteiger partial charge in [0.2, 0.25) is 0 Å². The molecule has 0 amide bonds. The van der Waals surface area contributed by atoms with Crippen molar-refractivity contribution < 1.29 is 14.6 Å². The van der Waals surface area contributed by atoms with Crippen molar-refractivity contribution in [2.24, 2.45) is 0 Å². The zero-order chi connectivity index (χ0) is 19.9. The monoisotopic (exact) mass is 379 g/mol. The lowest BCUT2D eigenvalue weighted by Gasteiger charge is -2.07. The molecule has 0 spiro atoms. The number of carbonyl (C=O) groups is 1. The van der Waals surface area contributed by atoms with Gasteiger partial charge in [0, 0.05) is 5.57 Å². The van der Waals surface area contributed by atoms with E-state index in [1.54, 1.807) is 13.0 Å². The molecular formula is C22H25N3O3. The molecule has 6 nitrogen and oxygen atoms in total. The van der Waals surface area contributed by atoms with E-state index in [1.165, 1.54) is 4.80 Å². The van der Waals surface area contributed by atoms with E-state index in [1.807, 2.05) is 36.4 Å². The lowest BCUT2D eigenvalue weighted by Crippen LogP contribution is -2.06. The van der Waals surface area contributed by atoms with Gasteiger partial charge in [-0.15, -0.1) is 15.0 Å². The number of phenols is 1. The minimum absolute atomic E-state index is 0.156. The van der Waals surface area contributed by atoms with Gasteiger partial charge in [0.25, 0.3) is 0 Å². The van der Waals surface area contributed by atoms with Gasteiger partial charge >= 0.3 is 5.97 Å². The molecule has 1 heterocycles. The molecule has 0 saturated carbocycles. The van der Waals surface area contributed by atoms with Crippen molar-refractivity contribution in [1.82, 2.24) is 15.0 Å². The van der Waals surface area contributed by atoms with Crippen LogP contribution in [0.3, 0.4) is 0 Å². The molecule has 6 heteroatoms. The first-order valence-corrected chi connectivity index (χ1v) is 9.51. The minimum atomic E-state index is -0.323. The Balaban J connectivity index is 1.51. The van der Waals surface area contributed by atoms with Crippen LogP contribution in [-0.4, -0.2) is 32.7 Å². The van der Waals surface area contributed by atoms with Gasteiger partial charge in [-0.2, -0.15) is 0 Å². The second-order valence-electron chi connectivity index (χ2n) is 6.88. The molecular weight excluding hydrogens is 354 g/mol. The van der Waals surface area contributed by atoms with Gasteiger partial charge in [-0.25, -0.2) is 4.79 Å². The van der Waals surface area contributed by atoms with E-state index in [-0.39, 0.29) is 11.7 Å². The Kier molecular flexibility index (Phi) is 6.42. The number of unbranched alkanes of at least 4 members (excludes halogenated alkanes) is 3. The molecule has 0 radical (unpaired) electrons. The summed E-state index contributed by atoms with van der Waals surface area (Å²) >= 11 is 0. The van der Waals surface area contributed by atoms with Crippen LogP contribution in [0.15, 0.2) is 54.6 Å². The molecule has 28 heavy (non-hydrogen) atoms. The van der Waals surface area contributed by atoms with Crippen molar-refractivity contribution in [3.05, 3.63) is 60.2 Å². The summed E-state index contributed by atoms with van der Waals surface area (Å²) < 4.78 is 5.09. The second-order valence-corrected chi connectivity index (χ2v) is 6.88. The van der Waals surface area contributed by atoms with Crippen molar-refractivity contribution in [2.45, 2.75) is 39.0 Å². The number of nitrogens with zero attached hydrogens (tertiary/aromatic N) is 3. The van der Waals surface area contributed by atoms with Gasteiger partial charge < -0.3 is 9.84 Å². The van der Waals surface area contributed by atoms with Crippen LogP contribution in [0, 0.1) is 0 Å². The maximum atomic E-state index is 11.3. The molecule has 0 bridgehead atoms. The Morgan fingerprint density at radius 1 is 1.07 bits per heavy atom. The van der Waals surface area contributed by atoms with Gasteiger partial charge in [0.1, 0.15) is 22.5 Å². The van der Waals surface area contributed by atoms with Crippen molar-refractivity contribution in [3.63, 3.8) is 0 Å². The van der Waals surface area contributed by atoms with E-state index in [9.17, 15) is 9.90 Å². The first-order valence-electron chi connectivity index (χ1n) is 9.51. The second kappa shape index (κ2) is 9.17. The van der Waals surface area contributed by atoms with Crippen LogP contribution in [0.25, 0.3) is 16.7 Å². The SMILES string of the molecule is C=C(C)C(=O)OCCCCCCc1ccc(O)c(-n2nc3ccccc3n2)c1.